The first-order valence-corrected chi connectivity index (χ1v) is 6.81. The van der Waals surface area contributed by atoms with Crippen LogP contribution >= 0.6 is 0 Å². The highest BCUT2D eigenvalue weighted by molar-refractivity contribution is 5.93. The first kappa shape index (κ1) is 12.7. The van der Waals surface area contributed by atoms with Gasteiger partial charge in [-0.3, -0.25) is 4.79 Å². The SMILES string of the molecule is C=C1CCN(C(=O)c2ccnn2-c2ccccc2)CC1. The van der Waals surface area contributed by atoms with Crippen LogP contribution in [0.1, 0.15) is 23.3 Å². The van der Waals surface area contributed by atoms with Gasteiger partial charge in [0, 0.05) is 13.1 Å². The normalized spacial score (nSPS) is 15.4. The Morgan fingerprint density at radius 1 is 1.10 bits per heavy atom. The number of likely N-dealkylation sites (tertiary alicyclic amines) is 1. The second-order valence-electron chi connectivity index (χ2n) is 5.01. The van der Waals surface area contributed by atoms with Crippen LogP contribution in [0, 0.1) is 0 Å². The largest absolute Gasteiger partial charge is 0.337 e. The Bertz CT molecular complexity index is 620. The van der Waals surface area contributed by atoms with E-state index >= 15 is 0 Å². The Labute approximate surface area is 118 Å². The molecule has 0 saturated carbocycles. The standard InChI is InChI=1S/C16H17N3O/c1-13-8-11-18(12-9-13)16(20)15-7-10-17-19(15)14-5-3-2-4-6-14/h2-7,10H,1,8-9,11-12H2. The number of carbonyl (C=O) groups is 1. The van der Waals surface area contributed by atoms with Gasteiger partial charge in [0.15, 0.2) is 0 Å². The number of aromatic nitrogens is 2. The van der Waals surface area contributed by atoms with Crippen molar-refractivity contribution in [3.8, 4) is 5.69 Å². The molecule has 1 fully saturated rings. The van der Waals surface area contributed by atoms with Gasteiger partial charge in [-0.2, -0.15) is 5.10 Å². The van der Waals surface area contributed by atoms with Gasteiger partial charge in [0.25, 0.3) is 5.91 Å². The number of amides is 1. The zero-order valence-electron chi connectivity index (χ0n) is 11.3. The minimum atomic E-state index is 0.0406. The van der Waals surface area contributed by atoms with E-state index in [4.69, 9.17) is 0 Å². The Balaban J connectivity index is 1.86. The number of nitrogens with zero attached hydrogens (tertiary/aromatic N) is 3. The monoisotopic (exact) mass is 267 g/mol. The molecule has 1 saturated heterocycles. The van der Waals surface area contributed by atoms with E-state index in [-0.39, 0.29) is 5.91 Å². The van der Waals surface area contributed by atoms with E-state index in [9.17, 15) is 4.79 Å². The quantitative estimate of drug-likeness (QED) is 0.785. The van der Waals surface area contributed by atoms with Gasteiger partial charge >= 0.3 is 0 Å². The lowest BCUT2D eigenvalue weighted by atomic mass is 10.1. The van der Waals surface area contributed by atoms with Crippen molar-refractivity contribution in [2.75, 3.05) is 13.1 Å². The number of hydrogen-bond donors (Lipinski definition) is 0. The van der Waals surface area contributed by atoms with Crippen molar-refractivity contribution in [1.29, 1.82) is 0 Å². The molecule has 0 spiro atoms. The van der Waals surface area contributed by atoms with E-state index < -0.39 is 0 Å². The maximum Gasteiger partial charge on any atom is 0.272 e. The Hall–Kier alpha value is -2.36. The molecule has 2 heterocycles. The van der Waals surface area contributed by atoms with Gasteiger partial charge in [-0.05, 0) is 31.0 Å². The molecular weight excluding hydrogens is 250 g/mol. The van der Waals surface area contributed by atoms with Crippen LogP contribution in [-0.4, -0.2) is 33.7 Å². The third-order valence-electron chi connectivity index (χ3n) is 3.62. The summed E-state index contributed by atoms with van der Waals surface area (Å²) in [6.45, 7) is 5.48. The Morgan fingerprint density at radius 3 is 2.50 bits per heavy atom. The molecule has 4 nitrogen and oxygen atoms in total. The number of carbonyl (C=O) groups excluding carboxylic acids is 1. The number of benzene rings is 1. The maximum atomic E-state index is 12.6. The van der Waals surface area contributed by atoms with Gasteiger partial charge in [-0.25, -0.2) is 4.68 Å². The maximum absolute atomic E-state index is 12.6. The number of piperidine rings is 1. The van der Waals surface area contributed by atoms with Gasteiger partial charge in [0.1, 0.15) is 5.69 Å². The first-order chi connectivity index (χ1) is 9.75. The lowest BCUT2D eigenvalue weighted by Gasteiger charge is -2.28. The van der Waals surface area contributed by atoms with Gasteiger partial charge < -0.3 is 4.90 Å². The highest BCUT2D eigenvalue weighted by atomic mass is 16.2. The topological polar surface area (TPSA) is 38.1 Å². The van der Waals surface area contributed by atoms with E-state index in [1.165, 1.54) is 5.57 Å². The van der Waals surface area contributed by atoms with E-state index in [0.29, 0.717) is 5.69 Å². The predicted octanol–water partition coefficient (Wildman–Crippen LogP) is 2.66. The summed E-state index contributed by atoms with van der Waals surface area (Å²) >= 11 is 0. The van der Waals surface area contributed by atoms with Gasteiger partial charge in [0.2, 0.25) is 0 Å². The zero-order valence-corrected chi connectivity index (χ0v) is 11.3. The molecule has 1 aliphatic heterocycles. The van der Waals surface area contributed by atoms with Crippen molar-refractivity contribution >= 4 is 5.91 Å². The van der Waals surface area contributed by atoms with Crippen LogP contribution in [0.15, 0.2) is 54.7 Å². The van der Waals surface area contributed by atoms with Crippen molar-refractivity contribution < 1.29 is 4.79 Å². The molecule has 2 aromatic rings. The van der Waals surface area contributed by atoms with Crippen molar-refractivity contribution in [2.45, 2.75) is 12.8 Å². The summed E-state index contributed by atoms with van der Waals surface area (Å²) in [6.07, 6.45) is 3.46. The van der Waals surface area contributed by atoms with Crippen LogP contribution < -0.4 is 0 Å². The summed E-state index contributed by atoms with van der Waals surface area (Å²) in [5, 5.41) is 4.27. The summed E-state index contributed by atoms with van der Waals surface area (Å²) < 4.78 is 1.70. The summed E-state index contributed by atoms with van der Waals surface area (Å²) in [4.78, 5) is 14.5. The molecule has 3 rings (SSSR count). The minimum Gasteiger partial charge on any atom is -0.337 e. The minimum absolute atomic E-state index is 0.0406. The number of hydrogen-bond acceptors (Lipinski definition) is 2. The third-order valence-corrected chi connectivity index (χ3v) is 3.62. The molecule has 0 unspecified atom stereocenters. The average Bonchev–Trinajstić information content (AvgIpc) is 2.97. The fourth-order valence-corrected chi connectivity index (χ4v) is 2.43. The molecule has 4 heteroatoms. The molecule has 20 heavy (non-hydrogen) atoms. The number of rotatable bonds is 2. The van der Waals surface area contributed by atoms with E-state index in [1.807, 2.05) is 35.2 Å². The van der Waals surface area contributed by atoms with Crippen LogP contribution in [0.2, 0.25) is 0 Å². The summed E-state index contributed by atoms with van der Waals surface area (Å²) in [6, 6.07) is 11.5. The van der Waals surface area contributed by atoms with Gasteiger partial charge in [0.05, 0.1) is 11.9 Å². The molecular formula is C16H17N3O. The van der Waals surface area contributed by atoms with Crippen molar-refractivity contribution in [1.82, 2.24) is 14.7 Å². The summed E-state index contributed by atoms with van der Waals surface area (Å²) in [7, 11) is 0. The first-order valence-electron chi connectivity index (χ1n) is 6.81. The van der Waals surface area contributed by atoms with Crippen LogP contribution in [0.25, 0.3) is 5.69 Å². The predicted molar refractivity (Wildman–Crippen MR) is 77.8 cm³/mol. The van der Waals surface area contributed by atoms with Gasteiger partial charge in [-0.1, -0.05) is 30.4 Å². The second kappa shape index (κ2) is 5.33. The molecule has 1 aromatic carbocycles. The van der Waals surface area contributed by atoms with Crippen LogP contribution in [0.4, 0.5) is 0 Å². The van der Waals surface area contributed by atoms with Gasteiger partial charge in [-0.15, -0.1) is 0 Å². The van der Waals surface area contributed by atoms with Crippen molar-refractivity contribution in [3.05, 3.63) is 60.4 Å². The fraction of sp³-hybridized carbons (Fsp3) is 0.250. The third kappa shape index (κ3) is 2.37. The molecule has 1 aromatic heterocycles. The van der Waals surface area contributed by atoms with E-state index in [1.54, 1.807) is 16.9 Å². The molecule has 102 valence electrons. The highest BCUT2D eigenvalue weighted by Gasteiger charge is 2.22. The smallest absolute Gasteiger partial charge is 0.272 e. The van der Waals surface area contributed by atoms with E-state index in [0.717, 1.165) is 31.6 Å². The Morgan fingerprint density at radius 2 is 1.80 bits per heavy atom. The lowest BCUT2D eigenvalue weighted by molar-refractivity contribution is 0.0734. The molecule has 0 radical (unpaired) electrons. The molecule has 0 atom stereocenters. The highest BCUT2D eigenvalue weighted by Crippen LogP contribution is 2.18. The summed E-state index contributed by atoms with van der Waals surface area (Å²) in [5.74, 6) is 0.0406. The van der Waals surface area contributed by atoms with Crippen molar-refractivity contribution in [3.63, 3.8) is 0 Å². The van der Waals surface area contributed by atoms with Crippen LogP contribution in [-0.2, 0) is 0 Å². The number of para-hydroxylation sites is 1. The molecule has 1 amide bonds. The van der Waals surface area contributed by atoms with Crippen LogP contribution in [0.5, 0.6) is 0 Å². The van der Waals surface area contributed by atoms with Crippen molar-refractivity contribution in [2.24, 2.45) is 0 Å². The van der Waals surface area contributed by atoms with E-state index in [2.05, 4.69) is 11.7 Å². The molecule has 0 aliphatic carbocycles. The second-order valence-corrected chi connectivity index (χ2v) is 5.01. The van der Waals surface area contributed by atoms with Crippen LogP contribution in [0.3, 0.4) is 0 Å². The lowest BCUT2D eigenvalue weighted by Crippen LogP contribution is -2.37. The molecule has 0 N–H and O–H groups in total. The zero-order chi connectivity index (χ0) is 13.9. The Kier molecular flexibility index (Phi) is 3.37. The molecule has 0 bridgehead atoms. The summed E-state index contributed by atoms with van der Waals surface area (Å²) in [5.41, 5.74) is 2.75. The fourth-order valence-electron chi connectivity index (χ4n) is 2.43. The average molecular weight is 267 g/mol. The molecule has 1 aliphatic rings.